The van der Waals surface area contributed by atoms with Crippen molar-refractivity contribution in [2.24, 2.45) is 0 Å². The molecule has 0 aliphatic heterocycles. The highest BCUT2D eigenvalue weighted by Gasteiger charge is 2.37. The van der Waals surface area contributed by atoms with Crippen LogP contribution in [-0.4, -0.2) is 23.9 Å². The number of rotatable bonds is 3. The molecule has 1 aromatic carbocycles. The number of benzene rings is 1. The zero-order valence-corrected chi connectivity index (χ0v) is 9.04. The summed E-state index contributed by atoms with van der Waals surface area (Å²) in [6.07, 6.45) is -7.11. The summed E-state index contributed by atoms with van der Waals surface area (Å²) < 4.78 is 36.2. The Morgan fingerprint density at radius 3 is 2.65 bits per heavy atom. The van der Waals surface area contributed by atoms with E-state index in [1.54, 1.807) is 19.1 Å². The van der Waals surface area contributed by atoms with Crippen LogP contribution in [0.15, 0.2) is 18.2 Å². The molecule has 17 heavy (non-hydrogen) atoms. The van der Waals surface area contributed by atoms with Gasteiger partial charge in [0.25, 0.3) is 0 Å². The number of aliphatic hydroxyl groups is 1. The first-order chi connectivity index (χ1) is 7.86. The third-order valence-corrected chi connectivity index (χ3v) is 2.24. The molecule has 1 aromatic rings. The van der Waals surface area contributed by atoms with Crippen molar-refractivity contribution in [1.82, 2.24) is 0 Å². The van der Waals surface area contributed by atoms with Crippen LogP contribution < -0.4 is 5.32 Å². The van der Waals surface area contributed by atoms with Crippen molar-refractivity contribution in [2.75, 3.05) is 11.9 Å². The molecule has 1 atom stereocenters. The van der Waals surface area contributed by atoms with Gasteiger partial charge in [-0.2, -0.15) is 18.4 Å². The molecular weight excluding hydrogens is 233 g/mol. The minimum atomic E-state index is -4.66. The standard InChI is InChI=1S/C11H11F3N2O/c1-7-3-2-4-8(5-15)10(7)16-6-9(17)11(12,13)14/h2-4,9,16-17H,6H2,1H3. The second-order valence-corrected chi connectivity index (χ2v) is 3.55. The van der Waals surface area contributed by atoms with Gasteiger partial charge in [-0.15, -0.1) is 0 Å². The van der Waals surface area contributed by atoms with E-state index in [0.717, 1.165) is 0 Å². The van der Waals surface area contributed by atoms with E-state index < -0.39 is 18.8 Å². The highest BCUT2D eigenvalue weighted by Crippen LogP contribution is 2.23. The summed E-state index contributed by atoms with van der Waals surface area (Å²) in [4.78, 5) is 0. The van der Waals surface area contributed by atoms with E-state index in [0.29, 0.717) is 11.3 Å². The van der Waals surface area contributed by atoms with Crippen molar-refractivity contribution >= 4 is 5.69 Å². The van der Waals surface area contributed by atoms with Gasteiger partial charge in [0, 0.05) is 6.54 Å². The van der Waals surface area contributed by atoms with Crippen molar-refractivity contribution in [1.29, 1.82) is 5.26 Å². The van der Waals surface area contributed by atoms with Crippen LogP contribution in [0.1, 0.15) is 11.1 Å². The van der Waals surface area contributed by atoms with Gasteiger partial charge < -0.3 is 10.4 Å². The maximum Gasteiger partial charge on any atom is 0.416 e. The van der Waals surface area contributed by atoms with Gasteiger partial charge in [-0.1, -0.05) is 12.1 Å². The molecule has 0 saturated heterocycles. The third kappa shape index (κ3) is 3.36. The first-order valence-corrected chi connectivity index (χ1v) is 4.84. The van der Waals surface area contributed by atoms with Crippen LogP contribution in [0.5, 0.6) is 0 Å². The first-order valence-electron chi connectivity index (χ1n) is 4.84. The van der Waals surface area contributed by atoms with Gasteiger partial charge in [0.2, 0.25) is 0 Å². The Morgan fingerprint density at radius 1 is 1.47 bits per heavy atom. The molecule has 2 N–H and O–H groups in total. The molecule has 0 bridgehead atoms. The molecular formula is C11H11F3N2O. The number of nitriles is 1. The maximum absolute atomic E-state index is 12.1. The Morgan fingerprint density at radius 2 is 2.12 bits per heavy atom. The number of aliphatic hydroxyl groups excluding tert-OH is 1. The van der Waals surface area contributed by atoms with Gasteiger partial charge in [0.1, 0.15) is 6.07 Å². The molecule has 3 nitrogen and oxygen atoms in total. The fourth-order valence-electron chi connectivity index (χ4n) is 1.31. The number of para-hydroxylation sites is 1. The Kier molecular flexibility index (Phi) is 3.97. The van der Waals surface area contributed by atoms with E-state index in [1.807, 2.05) is 6.07 Å². The molecule has 0 aliphatic carbocycles. The van der Waals surface area contributed by atoms with Crippen LogP contribution in [0.2, 0.25) is 0 Å². The van der Waals surface area contributed by atoms with Gasteiger partial charge in [-0.25, -0.2) is 0 Å². The van der Waals surface area contributed by atoms with Crippen molar-refractivity contribution in [3.63, 3.8) is 0 Å². The van der Waals surface area contributed by atoms with Crippen molar-refractivity contribution in [2.45, 2.75) is 19.2 Å². The first kappa shape index (κ1) is 13.3. The quantitative estimate of drug-likeness (QED) is 0.857. The summed E-state index contributed by atoms with van der Waals surface area (Å²) >= 11 is 0. The lowest BCUT2D eigenvalue weighted by atomic mass is 10.1. The smallest absolute Gasteiger partial charge is 0.382 e. The summed E-state index contributed by atoms with van der Waals surface area (Å²) in [6, 6.07) is 6.68. The van der Waals surface area contributed by atoms with E-state index in [-0.39, 0.29) is 5.56 Å². The molecule has 0 aromatic heterocycles. The van der Waals surface area contributed by atoms with Crippen molar-refractivity contribution in [3.05, 3.63) is 29.3 Å². The van der Waals surface area contributed by atoms with Crippen LogP contribution in [0.4, 0.5) is 18.9 Å². The maximum atomic E-state index is 12.1. The molecule has 0 radical (unpaired) electrons. The predicted molar refractivity (Wildman–Crippen MR) is 56.4 cm³/mol. The number of aryl methyl sites for hydroxylation is 1. The average Bonchev–Trinajstić information content (AvgIpc) is 2.25. The van der Waals surface area contributed by atoms with Crippen LogP contribution in [0.25, 0.3) is 0 Å². The molecule has 0 saturated carbocycles. The summed E-state index contributed by atoms with van der Waals surface area (Å²) in [6.45, 7) is 0.992. The topological polar surface area (TPSA) is 56.0 Å². The Bertz CT molecular complexity index is 437. The lowest BCUT2D eigenvalue weighted by Crippen LogP contribution is -2.35. The Labute approximate surface area is 96.5 Å². The fraction of sp³-hybridized carbons (Fsp3) is 0.364. The number of hydrogen-bond acceptors (Lipinski definition) is 3. The Hall–Kier alpha value is -1.74. The minimum absolute atomic E-state index is 0.249. The van der Waals surface area contributed by atoms with Crippen molar-refractivity contribution < 1.29 is 18.3 Å². The fourth-order valence-corrected chi connectivity index (χ4v) is 1.31. The SMILES string of the molecule is Cc1cccc(C#N)c1NCC(O)C(F)(F)F. The summed E-state index contributed by atoms with van der Waals surface area (Å²) in [7, 11) is 0. The lowest BCUT2D eigenvalue weighted by Gasteiger charge is -2.17. The van der Waals surface area contributed by atoms with E-state index in [1.165, 1.54) is 6.07 Å². The van der Waals surface area contributed by atoms with Gasteiger partial charge >= 0.3 is 6.18 Å². The van der Waals surface area contributed by atoms with E-state index in [9.17, 15) is 13.2 Å². The summed E-state index contributed by atoms with van der Waals surface area (Å²) in [5, 5.41) is 20.1. The van der Waals surface area contributed by atoms with Gasteiger partial charge in [0.15, 0.2) is 6.10 Å². The van der Waals surface area contributed by atoms with E-state index >= 15 is 0 Å². The second kappa shape index (κ2) is 5.06. The Balaban J connectivity index is 2.80. The lowest BCUT2D eigenvalue weighted by molar-refractivity contribution is -0.198. The van der Waals surface area contributed by atoms with Crippen LogP contribution in [-0.2, 0) is 0 Å². The number of nitrogens with zero attached hydrogens (tertiary/aromatic N) is 1. The zero-order valence-electron chi connectivity index (χ0n) is 9.04. The number of hydrogen-bond donors (Lipinski definition) is 2. The zero-order chi connectivity index (χ0) is 13.1. The molecule has 1 rings (SSSR count). The van der Waals surface area contributed by atoms with Crippen LogP contribution in [0.3, 0.4) is 0 Å². The molecule has 1 unspecified atom stereocenters. The highest BCUT2D eigenvalue weighted by atomic mass is 19.4. The normalized spacial score (nSPS) is 12.9. The van der Waals surface area contributed by atoms with Crippen LogP contribution in [0, 0.1) is 18.3 Å². The molecule has 0 aliphatic rings. The monoisotopic (exact) mass is 244 g/mol. The van der Waals surface area contributed by atoms with Crippen LogP contribution >= 0.6 is 0 Å². The summed E-state index contributed by atoms with van der Waals surface area (Å²) in [5.41, 5.74) is 1.22. The van der Waals surface area contributed by atoms with E-state index in [4.69, 9.17) is 10.4 Å². The number of alkyl halides is 3. The van der Waals surface area contributed by atoms with Crippen molar-refractivity contribution in [3.8, 4) is 6.07 Å². The van der Waals surface area contributed by atoms with Gasteiger partial charge in [0.05, 0.1) is 11.3 Å². The molecule has 0 spiro atoms. The molecule has 92 valence electrons. The molecule has 0 amide bonds. The average molecular weight is 244 g/mol. The molecule has 0 heterocycles. The highest BCUT2D eigenvalue weighted by molar-refractivity contribution is 5.62. The molecule has 6 heteroatoms. The largest absolute Gasteiger partial charge is 0.416 e. The number of nitrogens with one attached hydrogen (secondary N) is 1. The minimum Gasteiger partial charge on any atom is -0.382 e. The van der Waals surface area contributed by atoms with Gasteiger partial charge in [-0.3, -0.25) is 0 Å². The number of anilines is 1. The molecule has 0 fully saturated rings. The van der Waals surface area contributed by atoms with Gasteiger partial charge in [-0.05, 0) is 18.6 Å². The number of halogens is 3. The predicted octanol–water partition coefficient (Wildman–Crippen LogP) is 2.20. The van der Waals surface area contributed by atoms with E-state index in [2.05, 4.69) is 5.32 Å². The second-order valence-electron chi connectivity index (χ2n) is 3.55. The third-order valence-electron chi connectivity index (χ3n) is 2.24. The summed E-state index contributed by atoms with van der Waals surface area (Å²) in [5.74, 6) is 0.